The van der Waals surface area contributed by atoms with Gasteiger partial charge in [-0.25, -0.2) is 4.79 Å². The second kappa shape index (κ2) is 7.34. The van der Waals surface area contributed by atoms with Gasteiger partial charge in [-0.05, 0) is 6.92 Å². The molecule has 0 aliphatic rings. The minimum absolute atomic E-state index is 0.297. The van der Waals surface area contributed by atoms with Crippen molar-refractivity contribution in [2.75, 3.05) is 13.2 Å². The smallest absolute Gasteiger partial charge is 0.330 e. The Labute approximate surface area is 77.5 Å². The minimum atomic E-state index is -0.370. The van der Waals surface area contributed by atoms with Gasteiger partial charge in [0.25, 0.3) is 0 Å². The molecule has 0 radical (unpaired) electrons. The molecule has 0 atom stereocenters. The summed E-state index contributed by atoms with van der Waals surface area (Å²) in [5, 5.41) is 0. The molecule has 13 heavy (non-hydrogen) atoms. The molecule has 4 heteroatoms. The van der Waals surface area contributed by atoms with Gasteiger partial charge in [0.05, 0.1) is 13.2 Å². The van der Waals surface area contributed by atoms with Crippen LogP contribution < -0.4 is 0 Å². The van der Waals surface area contributed by atoms with Crippen LogP contribution in [0.3, 0.4) is 0 Å². The molecule has 0 aliphatic carbocycles. The fourth-order valence-corrected chi connectivity index (χ4v) is 0.641. The van der Waals surface area contributed by atoms with Crippen LogP contribution in [0.2, 0.25) is 0 Å². The fraction of sp³-hybridized carbons (Fsp3) is 0.556. The Morgan fingerprint density at radius 2 is 2.00 bits per heavy atom. The van der Waals surface area contributed by atoms with Crippen molar-refractivity contribution < 1.29 is 19.1 Å². The molecule has 0 amide bonds. The number of hydrogen-bond donors (Lipinski definition) is 0. The monoisotopic (exact) mass is 186 g/mol. The van der Waals surface area contributed by atoms with Gasteiger partial charge in [-0.2, -0.15) is 0 Å². The van der Waals surface area contributed by atoms with Gasteiger partial charge < -0.3 is 9.47 Å². The van der Waals surface area contributed by atoms with E-state index in [4.69, 9.17) is 0 Å². The SMILES string of the molecule is CCOC(=O)/C=C/CCOC(C)=O. The molecule has 0 bridgehead atoms. The third kappa shape index (κ3) is 8.59. The van der Waals surface area contributed by atoms with Crippen molar-refractivity contribution in [1.29, 1.82) is 0 Å². The summed E-state index contributed by atoms with van der Waals surface area (Å²) in [5.41, 5.74) is 0. The summed E-state index contributed by atoms with van der Waals surface area (Å²) < 4.78 is 9.28. The molecular formula is C9H14O4. The molecule has 0 unspecified atom stereocenters. The van der Waals surface area contributed by atoms with E-state index in [1.165, 1.54) is 13.0 Å². The van der Waals surface area contributed by atoms with Crippen molar-refractivity contribution in [3.8, 4) is 0 Å². The highest BCUT2D eigenvalue weighted by Gasteiger charge is 1.93. The molecule has 0 fully saturated rings. The van der Waals surface area contributed by atoms with E-state index in [0.717, 1.165) is 0 Å². The van der Waals surface area contributed by atoms with Gasteiger partial charge in [-0.3, -0.25) is 4.79 Å². The maximum absolute atomic E-state index is 10.7. The molecule has 4 nitrogen and oxygen atoms in total. The quantitative estimate of drug-likeness (QED) is 0.366. The van der Waals surface area contributed by atoms with Crippen molar-refractivity contribution >= 4 is 11.9 Å². The van der Waals surface area contributed by atoms with E-state index in [9.17, 15) is 9.59 Å². The van der Waals surface area contributed by atoms with E-state index in [1.807, 2.05) is 0 Å². The van der Waals surface area contributed by atoms with Crippen molar-refractivity contribution in [3.63, 3.8) is 0 Å². The first kappa shape index (κ1) is 11.7. The molecule has 0 spiro atoms. The molecular weight excluding hydrogens is 172 g/mol. The average Bonchev–Trinajstić information content (AvgIpc) is 2.03. The number of carbonyl (C=O) groups excluding carboxylic acids is 2. The van der Waals surface area contributed by atoms with E-state index >= 15 is 0 Å². The highest BCUT2D eigenvalue weighted by atomic mass is 16.5. The molecule has 0 saturated heterocycles. The van der Waals surface area contributed by atoms with Gasteiger partial charge in [0.15, 0.2) is 0 Å². The Morgan fingerprint density at radius 1 is 1.31 bits per heavy atom. The van der Waals surface area contributed by atoms with Gasteiger partial charge in [0.1, 0.15) is 0 Å². The first-order valence-corrected chi connectivity index (χ1v) is 4.13. The second-order valence-corrected chi connectivity index (χ2v) is 2.28. The molecule has 0 aromatic heterocycles. The Bertz CT molecular complexity index is 196. The molecule has 0 rings (SSSR count). The van der Waals surface area contributed by atoms with Gasteiger partial charge >= 0.3 is 11.9 Å². The Balaban J connectivity index is 3.40. The first-order valence-electron chi connectivity index (χ1n) is 4.13. The zero-order chi connectivity index (χ0) is 10.1. The number of hydrogen-bond acceptors (Lipinski definition) is 4. The number of rotatable bonds is 5. The summed E-state index contributed by atoms with van der Waals surface area (Å²) in [6.45, 7) is 3.75. The van der Waals surface area contributed by atoms with E-state index in [1.54, 1.807) is 13.0 Å². The largest absolute Gasteiger partial charge is 0.466 e. The van der Waals surface area contributed by atoms with Gasteiger partial charge in [0.2, 0.25) is 0 Å². The predicted octanol–water partition coefficient (Wildman–Crippen LogP) is 1.06. The Hall–Kier alpha value is -1.32. The normalized spacial score (nSPS) is 10.0. The highest BCUT2D eigenvalue weighted by Crippen LogP contribution is 1.88. The topological polar surface area (TPSA) is 52.6 Å². The summed E-state index contributed by atoms with van der Waals surface area (Å²) in [7, 11) is 0. The molecule has 0 aromatic carbocycles. The lowest BCUT2D eigenvalue weighted by atomic mass is 10.4. The Kier molecular flexibility index (Phi) is 6.59. The van der Waals surface area contributed by atoms with Crippen molar-refractivity contribution in [1.82, 2.24) is 0 Å². The summed E-state index contributed by atoms with van der Waals surface area (Å²) in [5.74, 6) is -0.685. The molecule has 0 N–H and O–H groups in total. The Morgan fingerprint density at radius 3 is 2.54 bits per heavy atom. The average molecular weight is 186 g/mol. The maximum Gasteiger partial charge on any atom is 0.330 e. The lowest BCUT2D eigenvalue weighted by Crippen LogP contribution is -2.01. The predicted molar refractivity (Wildman–Crippen MR) is 47.0 cm³/mol. The molecule has 0 aliphatic heterocycles. The van der Waals surface area contributed by atoms with Crippen molar-refractivity contribution in [3.05, 3.63) is 12.2 Å². The number of ether oxygens (including phenoxy) is 2. The number of carbonyl (C=O) groups is 2. The van der Waals surface area contributed by atoms with Crippen LogP contribution in [0, 0.1) is 0 Å². The van der Waals surface area contributed by atoms with Crippen LogP contribution in [-0.2, 0) is 19.1 Å². The van der Waals surface area contributed by atoms with Gasteiger partial charge in [-0.1, -0.05) is 6.08 Å². The zero-order valence-corrected chi connectivity index (χ0v) is 7.91. The lowest BCUT2D eigenvalue weighted by Gasteiger charge is -1.97. The third-order valence-electron chi connectivity index (χ3n) is 1.13. The maximum atomic E-state index is 10.7. The van der Waals surface area contributed by atoms with Crippen molar-refractivity contribution in [2.45, 2.75) is 20.3 Å². The van der Waals surface area contributed by atoms with E-state index in [-0.39, 0.29) is 11.9 Å². The third-order valence-corrected chi connectivity index (χ3v) is 1.13. The second-order valence-electron chi connectivity index (χ2n) is 2.28. The highest BCUT2D eigenvalue weighted by molar-refractivity contribution is 5.81. The summed E-state index contributed by atoms with van der Waals surface area (Å²) in [6, 6.07) is 0. The minimum Gasteiger partial charge on any atom is -0.466 e. The zero-order valence-electron chi connectivity index (χ0n) is 7.91. The first-order chi connectivity index (χ1) is 6.16. The lowest BCUT2D eigenvalue weighted by molar-refractivity contribution is -0.140. The van der Waals surface area contributed by atoms with Crippen molar-refractivity contribution in [2.24, 2.45) is 0 Å². The fourth-order valence-electron chi connectivity index (χ4n) is 0.641. The van der Waals surface area contributed by atoms with Crippen LogP contribution in [0.25, 0.3) is 0 Å². The van der Waals surface area contributed by atoms with Gasteiger partial charge in [-0.15, -0.1) is 0 Å². The van der Waals surface area contributed by atoms with Crippen LogP contribution in [0.1, 0.15) is 20.3 Å². The van der Waals surface area contributed by atoms with E-state index in [2.05, 4.69) is 9.47 Å². The van der Waals surface area contributed by atoms with Crippen LogP contribution in [0.4, 0.5) is 0 Å². The van der Waals surface area contributed by atoms with Crippen LogP contribution >= 0.6 is 0 Å². The summed E-state index contributed by atoms with van der Waals surface area (Å²) in [4.78, 5) is 21.0. The van der Waals surface area contributed by atoms with Crippen LogP contribution in [0.5, 0.6) is 0 Å². The summed E-state index contributed by atoms with van der Waals surface area (Å²) >= 11 is 0. The summed E-state index contributed by atoms with van der Waals surface area (Å²) in [6.07, 6.45) is 3.46. The molecule has 0 aromatic rings. The van der Waals surface area contributed by atoms with Crippen LogP contribution in [-0.4, -0.2) is 25.2 Å². The van der Waals surface area contributed by atoms with Gasteiger partial charge in [0, 0.05) is 19.4 Å². The standard InChI is InChI=1S/C9H14O4/c1-3-12-9(11)6-4-5-7-13-8(2)10/h4,6H,3,5,7H2,1-2H3/b6-4+. The molecule has 0 heterocycles. The van der Waals surface area contributed by atoms with E-state index in [0.29, 0.717) is 19.6 Å². The van der Waals surface area contributed by atoms with Crippen LogP contribution in [0.15, 0.2) is 12.2 Å². The van der Waals surface area contributed by atoms with E-state index < -0.39 is 0 Å². The number of esters is 2. The molecule has 74 valence electrons. The molecule has 0 saturated carbocycles.